The molecule has 0 saturated carbocycles. The summed E-state index contributed by atoms with van der Waals surface area (Å²) < 4.78 is 28.3. The predicted molar refractivity (Wildman–Crippen MR) is 71.6 cm³/mol. The minimum Gasteiger partial charge on any atom is -0.481 e. The highest BCUT2D eigenvalue weighted by atomic mass is 19.1. The molecule has 1 aromatic carbocycles. The fourth-order valence-electron chi connectivity index (χ4n) is 2.32. The Morgan fingerprint density at radius 2 is 2.00 bits per heavy atom. The number of carboxylic acids is 1. The number of aliphatic carboxylic acids is 1. The Hall–Kier alpha value is -2.28. The van der Waals surface area contributed by atoms with Crippen LogP contribution >= 0.6 is 0 Å². The first-order valence-corrected chi connectivity index (χ1v) is 6.25. The second kappa shape index (κ2) is 5.61. The Balaban J connectivity index is 2.52. The molecule has 0 spiro atoms. The zero-order valence-electron chi connectivity index (χ0n) is 11.4. The molecule has 1 heterocycles. The first-order valence-electron chi connectivity index (χ1n) is 6.25. The number of nitrogens with zero attached hydrogens (tertiary/aromatic N) is 2. The SMILES string of the molecule is Cn1cc(CC(CN)(C(=O)O)c2cc(F)cc(F)c2)cn1. The van der Waals surface area contributed by atoms with Gasteiger partial charge in [-0.2, -0.15) is 5.10 Å². The summed E-state index contributed by atoms with van der Waals surface area (Å²) in [5.41, 5.74) is 4.66. The topological polar surface area (TPSA) is 81.1 Å². The van der Waals surface area contributed by atoms with Gasteiger partial charge in [0.2, 0.25) is 0 Å². The molecule has 0 saturated heterocycles. The quantitative estimate of drug-likeness (QED) is 0.869. The molecule has 21 heavy (non-hydrogen) atoms. The average Bonchev–Trinajstić information content (AvgIpc) is 2.79. The van der Waals surface area contributed by atoms with Crippen LogP contribution in [0.25, 0.3) is 0 Å². The zero-order chi connectivity index (χ0) is 15.6. The van der Waals surface area contributed by atoms with Gasteiger partial charge in [0.25, 0.3) is 0 Å². The molecule has 0 amide bonds. The van der Waals surface area contributed by atoms with E-state index >= 15 is 0 Å². The molecule has 1 atom stereocenters. The molecule has 0 fully saturated rings. The highest BCUT2D eigenvalue weighted by molar-refractivity contribution is 5.82. The predicted octanol–water partition coefficient (Wildman–Crippen LogP) is 1.22. The van der Waals surface area contributed by atoms with E-state index < -0.39 is 23.0 Å². The van der Waals surface area contributed by atoms with Crippen molar-refractivity contribution < 1.29 is 18.7 Å². The summed E-state index contributed by atoms with van der Waals surface area (Å²) in [6.45, 7) is -0.292. The summed E-state index contributed by atoms with van der Waals surface area (Å²) in [5.74, 6) is -2.91. The number of rotatable bonds is 5. The molecule has 2 aromatic rings. The van der Waals surface area contributed by atoms with Crippen LogP contribution in [0.4, 0.5) is 8.78 Å². The van der Waals surface area contributed by atoms with Gasteiger partial charge in [-0.3, -0.25) is 9.48 Å². The van der Waals surface area contributed by atoms with Gasteiger partial charge < -0.3 is 10.8 Å². The fraction of sp³-hybridized carbons (Fsp3) is 0.286. The lowest BCUT2D eigenvalue weighted by atomic mass is 9.76. The highest BCUT2D eigenvalue weighted by Crippen LogP contribution is 2.29. The highest BCUT2D eigenvalue weighted by Gasteiger charge is 2.40. The van der Waals surface area contributed by atoms with Gasteiger partial charge in [0.15, 0.2) is 0 Å². The summed E-state index contributed by atoms with van der Waals surface area (Å²) in [4.78, 5) is 11.7. The second-order valence-corrected chi connectivity index (χ2v) is 4.95. The lowest BCUT2D eigenvalue weighted by Gasteiger charge is -2.28. The number of carboxylic acid groups (broad SMARTS) is 1. The third kappa shape index (κ3) is 2.92. The van der Waals surface area contributed by atoms with Crippen molar-refractivity contribution in [2.24, 2.45) is 12.8 Å². The summed E-state index contributed by atoms with van der Waals surface area (Å²) in [5, 5.41) is 13.5. The maximum Gasteiger partial charge on any atom is 0.315 e. The van der Waals surface area contributed by atoms with Crippen molar-refractivity contribution in [3.05, 3.63) is 53.4 Å². The Bertz CT molecular complexity index is 652. The lowest BCUT2D eigenvalue weighted by molar-refractivity contribution is -0.143. The molecule has 0 aliphatic rings. The van der Waals surface area contributed by atoms with Gasteiger partial charge in [0, 0.05) is 25.9 Å². The van der Waals surface area contributed by atoms with Crippen LogP contribution in [0, 0.1) is 11.6 Å². The Kier molecular flexibility index (Phi) is 4.04. The standard InChI is InChI=1S/C14H15F2N3O2/c1-19-7-9(6-18-19)5-14(8-17,13(20)21)10-2-11(15)4-12(16)3-10/h2-4,6-7H,5,8,17H2,1H3,(H,20,21). The van der Waals surface area contributed by atoms with Crippen LogP contribution in [0.15, 0.2) is 30.6 Å². The molecule has 1 unspecified atom stereocenters. The van der Waals surface area contributed by atoms with Gasteiger partial charge in [-0.1, -0.05) is 0 Å². The first kappa shape index (κ1) is 15.1. The third-order valence-electron chi connectivity index (χ3n) is 3.44. The van der Waals surface area contributed by atoms with Crippen molar-refractivity contribution in [2.75, 3.05) is 6.54 Å². The van der Waals surface area contributed by atoms with Crippen molar-refractivity contribution in [1.29, 1.82) is 0 Å². The van der Waals surface area contributed by atoms with Crippen LogP contribution in [-0.2, 0) is 23.7 Å². The number of aromatic nitrogens is 2. The molecule has 7 heteroatoms. The van der Waals surface area contributed by atoms with E-state index in [0.29, 0.717) is 11.6 Å². The lowest BCUT2D eigenvalue weighted by Crippen LogP contribution is -2.45. The zero-order valence-corrected chi connectivity index (χ0v) is 11.4. The van der Waals surface area contributed by atoms with Crippen LogP contribution in [0.2, 0.25) is 0 Å². The minimum absolute atomic E-state index is 0.00106. The summed E-state index contributed by atoms with van der Waals surface area (Å²) in [7, 11) is 1.69. The molecule has 0 bridgehead atoms. The van der Waals surface area contributed by atoms with Crippen LogP contribution in [0.3, 0.4) is 0 Å². The number of halogens is 2. The van der Waals surface area contributed by atoms with Gasteiger partial charge in [-0.25, -0.2) is 8.78 Å². The maximum atomic E-state index is 13.4. The van der Waals surface area contributed by atoms with Crippen molar-refractivity contribution in [1.82, 2.24) is 9.78 Å². The van der Waals surface area contributed by atoms with E-state index in [4.69, 9.17) is 5.73 Å². The molecular formula is C14H15F2N3O2. The van der Waals surface area contributed by atoms with Gasteiger partial charge in [-0.05, 0) is 29.7 Å². The smallest absolute Gasteiger partial charge is 0.315 e. The van der Waals surface area contributed by atoms with Crippen molar-refractivity contribution in [2.45, 2.75) is 11.8 Å². The number of carbonyl (C=O) groups is 1. The van der Waals surface area contributed by atoms with E-state index in [1.54, 1.807) is 13.2 Å². The molecule has 0 aliphatic heterocycles. The number of hydrogen-bond donors (Lipinski definition) is 2. The van der Waals surface area contributed by atoms with Gasteiger partial charge in [-0.15, -0.1) is 0 Å². The van der Waals surface area contributed by atoms with Crippen LogP contribution in [0.1, 0.15) is 11.1 Å². The molecule has 0 radical (unpaired) electrons. The molecule has 5 nitrogen and oxygen atoms in total. The second-order valence-electron chi connectivity index (χ2n) is 4.95. The van der Waals surface area contributed by atoms with Crippen LogP contribution in [-0.4, -0.2) is 27.4 Å². The van der Waals surface area contributed by atoms with Crippen molar-refractivity contribution in [3.8, 4) is 0 Å². The van der Waals surface area contributed by atoms with E-state index in [2.05, 4.69) is 5.10 Å². The van der Waals surface area contributed by atoms with Gasteiger partial charge in [0.05, 0.1) is 6.20 Å². The maximum absolute atomic E-state index is 13.4. The Morgan fingerprint density at radius 1 is 1.38 bits per heavy atom. The fourth-order valence-corrected chi connectivity index (χ4v) is 2.32. The molecular weight excluding hydrogens is 280 g/mol. The number of aryl methyl sites for hydroxylation is 1. The van der Waals surface area contributed by atoms with Crippen molar-refractivity contribution in [3.63, 3.8) is 0 Å². The summed E-state index contributed by atoms with van der Waals surface area (Å²) >= 11 is 0. The Morgan fingerprint density at radius 3 is 2.43 bits per heavy atom. The number of hydrogen-bond acceptors (Lipinski definition) is 3. The summed E-state index contributed by atoms with van der Waals surface area (Å²) in [6.07, 6.45) is 3.14. The number of nitrogens with two attached hydrogens (primary N) is 1. The molecule has 1 aromatic heterocycles. The van der Waals surface area contributed by atoms with E-state index in [9.17, 15) is 18.7 Å². The number of benzene rings is 1. The van der Waals surface area contributed by atoms with Gasteiger partial charge >= 0.3 is 5.97 Å². The van der Waals surface area contributed by atoms with E-state index in [0.717, 1.165) is 12.1 Å². The molecule has 2 rings (SSSR count). The Labute approximate surface area is 120 Å². The monoisotopic (exact) mass is 295 g/mol. The first-order chi connectivity index (χ1) is 9.87. The van der Waals surface area contributed by atoms with E-state index in [1.807, 2.05) is 0 Å². The molecule has 112 valence electrons. The van der Waals surface area contributed by atoms with Crippen molar-refractivity contribution >= 4 is 5.97 Å². The largest absolute Gasteiger partial charge is 0.481 e. The van der Waals surface area contributed by atoms with E-state index in [1.165, 1.54) is 10.9 Å². The average molecular weight is 295 g/mol. The van der Waals surface area contributed by atoms with Crippen LogP contribution < -0.4 is 5.73 Å². The van der Waals surface area contributed by atoms with Gasteiger partial charge in [0.1, 0.15) is 17.0 Å². The van der Waals surface area contributed by atoms with Crippen LogP contribution in [0.5, 0.6) is 0 Å². The minimum atomic E-state index is -1.61. The van der Waals surface area contributed by atoms with E-state index in [-0.39, 0.29) is 18.5 Å². The summed E-state index contributed by atoms with van der Waals surface area (Å²) in [6, 6.07) is 2.69. The molecule has 3 N–H and O–H groups in total. The third-order valence-corrected chi connectivity index (χ3v) is 3.44. The normalized spacial score (nSPS) is 13.9. The molecule has 0 aliphatic carbocycles.